The van der Waals surface area contributed by atoms with Gasteiger partial charge in [-0.05, 0) is 29.8 Å². The maximum Gasteiger partial charge on any atom is 0.311 e. The number of hydrogen-bond donors (Lipinski definition) is 0. The van der Waals surface area contributed by atoms with Gasteiger partial charge < -0.3 is 13.9 Å². The number of nitro groups is 1. The van der Waals surface area contributed by atoms with Crippen LogP contribution in [0.1, 0.15) is 11.3 Å². The zero-order valence-corrected chi connectivity index (χ0v) is 13.7. The molecule has 0 N–H and O–H groups in total. The molecule has 1 aromatic heterocycles. The summed E-state index contributed by atoms with van der Waals surface area (Å²) in [6.45, 7) is 0.817. The highest BCUT2D eigenvalue weighted by Gasteiger charge is 2.17. The van der Waals surface area contributed by atoms with E-state index in [-0.39, 0.29) is 11.4 Å². The van der Waals surface area contributed by atoms with E-state index in [1.807, 2.05) is 30.3 Å². The number of nitro benzene ring substituents is 1. The average Bonchev–Trinajstić information content (AvgIpc) is 3.11. The van der Waals surface area contributed by atoms with E-state index in [9.17, 15) is 10.1 Å². The van der Waals surface area contributed by atoms with Gasteiger partial charge in [0, 0.05) is 11.6 Å². The third kappa shape index (κ3) is 4.05. The second kappa shape index (κ2) is 7.63. The number of methoxy groups -OCH3 is 1. The fraction of sp³-hybridized carbons (Fsp3) is 0.158. The summed E-state index contributed by atoms with van der Waals surface area (Å²) in [5.41, 5.74) is 1.60. The molecule has 128 valence electrons. The zero-order valence-electron chi connectivity index (χ0n) is 13.7. The van der Waals surface area contributed by atoms with Crippen LogP contribution < -0.4 is 4.74 Å². The quantitative estimate of drug-likeness (QED) is 0.465. The first-order valence-electron chi connectivity index (χ1n) is 7.70. The van der Waals surface area contributed by atoms with Gasteiger partial charge in [-0.1, -0.05) is 30.3 Å². The van der Waals surface area contributed by atoms with Crippen molar-refractivity contribution >= 4 is 5.69 Å². The average molecular weight is 339 g/mol. The maximum absolute atomic E-state index is 11.1. The molecule has 1 heterocycles. The Labute approximate surface area is 144 Å². The maximum atomic E-state index is 11.1. The summed E-state index contributed by atoms with van der Waals surface area (Å²) in [6.07, 6.45) is 0. The number of rotatable bonds is 7. The molecule has 0 unspecified atom stereocenters. The molecular formula is C19H17NO5. The van der Waals surface area contributed by atoms with Gasteiger partial charge in [-0.25, -0.2) is 0 Å². The standard InChI is InChI=1S/C19H17NO5/c1-23-19-9-7-15(11-17(19)20(21)22)18-10-8-16(25-18)13-24-12-14-5-3-2-4-6-14/h2-11H,12-13H2,1H3. The molecule has 3 aromatic rings. The molecule has 25 heavy (non-hydrogen) atoms. The van der Waals surface area contributed by atoms with Crippen LogP contribution >= 0.6 is 0 Å². The van der Waals surface area contributed by atoms with Crippen molar-refractivity contribution in [2.24, 2.45) is 0 Å². The van der Waals surface area contributed by atoms with E-state index in [2.05, 4.69) is 0 Å². The molecule has 6 nitrogen and oxygen atoms in total. The smallest absolute Gasteiger partial charge is 0.311 e. The lowest BCUT2D eigenvalue weighted by Gasteiger charge is -2.04. The lowest BCUT2D eigenvalue weighted by molar-refractivity contribution is -0.385. The van der Waals surface area contributed by atoms with Crippen LogP contribution in [0.4, 0.5) is 5.69 Å². The van der Waals surface area contributed by atoms with Gasteiger partial charge in [-0.3, -0.25) is 10.1 Å². The fourth-order valence-electron chi connectivity index (χ4n) is 2.44. The minimum absolute atomic E-state index is 0.0988. The molecule has 0 bridgehead atoms. The van der Waals surface area contributed by atoms with E-state index in [0.29, 0.717) is 30.3 Å². The Kier molecular flexibility index (Phi) is 5.11. The van der Waals surface area contributed by atoms with Crippen molar-refractivity contribution in [3.05, 3.63) is 82.1 Å². The molecule has 0 aliphatic rings. The Morgan fingerprint density at radius 2 is 1.84 bits per heavy atom. The normalized spacial score (nSPS) is 10.6. The largest absolute Gasteiger partial charge is 0.490 e. The monoisotopic (exact) mass is 339 g/mol. The molecule has 0 aliphatic heterocycles. The first kappa shape index (κ1) is 16.7. The van der Waals surface area contributed by atoms with Crippen molar-refractivity contribution in [1.29, 1.82) is 0 Å². The van der Waals surface area contributed by atoms with Crippen LogP contribution in [0.5, 0.6) is 5.75 Å². The van der Waals surface area contributed by atoms with Crippen molar-refractivity contribution in [3.8, 4) is 17.1 Å². The van der Waals surface area contributed by atoms with Crippen molar-refractivity contribution < 1.29 is 18.8 Å². The van der Waals surface area contributed by atoms with Crippen LogP contribution in [0.3, 0.4) is 0 Å². The number of ether oxygens (including phenoxy) is 2. The molecule has 2 aromatic carbocycles. The van der Waals surface area contributed by atoms with Gasteiger partial charge >= 0.3 is 5.69 Å². The molecule has 0 saturated carbocycles. The van der Waals surface area contributed by atoms with E-state index in [1.54, 1.807) is 24.3 Å². The third-order valence-corrected chi connectivity index (χ3v) is 3.68. The Hall–Kier alpha value is -3.12. The molecule has 0 amide bonds. The van der Waals surface area contributed by atoms with Gasteiger partial charge in [0.15, 0.2) is 5.75 Å². The van der Waals surface area contributed by atoms with E-state index in [0.717, 1.165) is 5.56 Å². The van der Waals surface area contributed by atoms with Gasteiger partial charge in [-0.15, -0.1) is 0 Å². The Bertz CT molecular complexity index is 857. The van der Waals surface area contributed by atoms with Gasteiger partial charge in [-0.2, -0.15) is 0 Å². The van der Waals surface area contributed by atoms with E-state index in [4.69, 9.17) is 13.9 Å². The number of hydrogen-bond acceptors (Lipinski definition) is 5. The molecule has 0 spiro atoms. The highest BCUT2D eigenvalue weighted by Crippen LogP contribution is 2.32. The minimum atomic E-state index is -0.477. The fourth-order valence-corrected chi connectivity index (χ4v) is 2.44. The Morgan fingerprint density at radius 3 is 2.56 bits per heavy atom. The first-order valence-corrected chi connectivity index (χ1v) is 7.70. The molecule has 6 heteroatoms. The summed E-state index contributed by atoms with van der Waals surface area (Å²) < 4.78 is 16.4. The number of furan rings is 1. The van der Waals surface area contributed by atoms with Gasteiger partial charge in [0.2, 0.25) is 0 Å². The topological polar surface area (TPSA) is 74.7 Å². The predicted molar refractivity (Wildman–Crippen MR) is 92.3 cm³/mol. The van der Waals surface area contributed by atoms with E-state index < -0.39 is 4.92 Å². The molecule has 0 saturated heterocycles. The molecule has 0 aliphatic carbocycles. The van der Waals surface area contributed by atoms with E-state index in [1.165, 1.54) is 13.2 Å². The summed E-state index contributed by atoms with van der Waals surface area (Å²) in [7, 11) is 1.40. The third-order valence-electron chi connectivity index (χ3n) is 3.68. The van der Waals surface area contributed by atoms with Crippen LogP contribution in [-0.2, 0) is 18.0 Å². The van der Waals surface area contributed by atoms with Crippen molar-refractivity contribution in [2.45, 2.75) is 13.2 Å². The van der Waals surface area contributed by atoms with Gasteiger partial charge in [0.25, 0.3) is 0 Å². The van der Waals surface area contributed by atoms with Gasteiger partial charge in [0.05, 0.1) is 18.6 Å². The summed E-state index contributed by atoms with van der Waals surface area (Å²) in [4.78, 5) is 10.6. The van der Waals surface area contributed by atoms with Crippen LogP contribution in [-0.4, -0.2) is 12.0 Å². The molecule has 0 radical (unpaired) electrons. The zero-order chi connectivity index (χ0) is 17.6. The Balaban J connectivity index is 1.69. The second-order valence-electron chi connectivity index (χ2n) is 5.39. The highest BCUT2D eigenvalue weighted by atomic mass is 16.6. The SMILES string of the molecule is COc1ccc(-c2ccc(COCc3ccccc3)o2)cc1[N+](=O)[O-]. The van der Waals surface area contributed by atoms with Crippen LogP contribution in [0.25, 0.3) is 11.3 Å². The summed E-state index contributed by atoms with van der Waals surface area (Å²) in [5, 5.41) is 11.1. The lowest BCUT2D eigenvalue weighted by atomic mass is 10.1. The lowest BCUT2D eigenvalue weighted by Crippen LogP contribution is -1.94. The van der Waals surface area contributed by atoms with Crippen LogP contribution in [0.2, 0.25) is 0 Å². The van der Waals surface area contributed by atoms with Crippen molar-refractivity contribution in [1.82, 2.24) is 0 Å². The molecule has 0 atom stereocenters. The van der Waals surface area contributed by atoms with Crippen molar-refractivity contribution in [3.63, 3.8) is 0 Å². The number of nitrogens with zero attached hydrogens (tertiary/aromatic N) is 1. The van der Waals surface area contributed by atoms with Crippen LogP contribution in [0.15, 0.2) is 65.1 Å². The van der Waals surface area contributed by atoms with Gasteiger partial charge in [0.1, 0.15) is 18.1 Å². The van der Waals surface area contributed by atoms with E-state index >= 15 is 0 Å². The second-order valence-corrected chi connectivity index (χ2v) is 5.39. The molecule has 3 rings (SSSR count). The Morgan fingerprint density at radius 1 is 1.04 bits per heavy atom. The highest BCUT2D eigenvalue weighted by molar-refractivity contribution is 5.65. The summed E-state index contributed by atoms with van der Waals surface area (Å²) >= 11 is 0. The first-order chi connectivity index (χ1) is 12.2. The number of benzene rings is 2. The summed E-state index contributed by atoms with van der Waals surface area (Å²) in [6, 6.07) is 18.1. The molecule has 0 fully saturated rings. The molecular weight excluding hydrogens is 322 g/mol. The summed E-state index contributed by atoms with van der Waals surface area (Å²) in [5.74, 6) is 1.42. The van der Waals surface area contributed by atoms with Crippen molar-refractivity contribution in [2.75, 3.05) is 7.11 Å². The predicted octanol–water partition coefficient (Wildman–Crippen LogP) is 4.58. The van der Waals surface area contributed by atoms with Crippen LogP contribution in [0, 0.1) is 10.1 Å². The minimum Gasteiger partial charge on any atom is -0.490 e.